The van der Waals surface area contributed by atoms with Crippen LogP contribution in [0.15, 0.2) is 53.1 Å². The average Bonchev–Trinajstić information content (AvgIpc) is 2.71. The van der Waals surface area contributed by atoms with Gasteiger partial charge in [0.05, 0.1) is 24.6 Å². The Morgan fingerprint density at radius 2 is 1.81 bits per heavy atom. The van der Waals surface area contributed by atoms with Crippen LogP contribution in [0, 0.1) is 12.7 Å². The zero-order chi connectivity index (χ0) is 22.9. The predicted octanol–water partition coefficient (Wildman–Crippen LogP) is 6.26. The summed E-state index contributed by atoms with van der Waals surface area (Å²) >= 11 is 3.03. The Balaban J connectivity index is 2.11. The Bertz CT molecular complexity index is 1150. The Morgan fingerprint density at radius 1 is 1.10 bits per heavy atom. The number of alkyl halides is 3. The van der Waals surface area contributed by atoms with Crippen molar-refractivity contribution in [2.24, 2.45) is 0 Å². The molecule has 2 aromatic carbocycles. The number of carbonyl (C=O) groups is 1. The van der Waals surface area contributed by atoms with Crippen LogP contribution >= 0.6 is 15.9 Å². The molecule has 0 saturated heterocycles. The minimum atomic E-state index is -4.60. The Morgan fingerprint density at radius 3 is 2.45 bits per heavy atom. The molecule has 0 radical (unpaired) electrons. The first kappa shape index (κ1) is 22.7. The Kier molecular flexibility index (Phi) is 6.35. The molecule has 0 spiro atoms. The number of amides is 1. The first-order valence-corrected chi connectivity index (χ1v) is 9.77. The summed E-state index contributed by atoms with van der Waals surface area (Å²) in [6.07, 6.45) is -3.16. The van der Waals surface area contributed by atoms with Crippen molar-refractivity contribution >= 4 is 27.5 Å². The van der Waals surface area contributed by atoms with Crippen molar-refractivity contribution in [3.63, 3.8) is 0 Å². The highest BCUT2D eigenvalue weighted by molar-refractivity contribution is 9.10. The fraction of sp³-hybridized carbons (Fsp3) is 0.182. The van der Waals surface area contributed by atoms with Crippen LogP contribution in [-0.4, -0.2) is 25.0 Å². The summed E-state index contributed by atoms with van der Waals surface area (Å²) in [7, 11) is 2.82. The van der Waals surface area contributed by atoms with Crippen LogP contribution in [0.3, 0.4) is 0 Å². The highest BCUT2D eigenvalue weighted by atomic mass is 79.9. The van der Waals surface area contributed by atoms with Crippen molar-refractivity contribution in [2.45, 2.75) is 13.1 Å². The second-order valence-electron chi connectivity index (χ2n) is 6.78. The third-order valence-corrected chi connectivity index (χ3v) is 5.07. The number of anilines is 1. The van der Waals surface area contributed by atoms with Gasteiger partial charge in [0.1, 0.15) is 11.6 Å². The number of benzene rings is 2. The summed E-state index contributed by atoms with van der Waals surface area (Å²) in [5.74, 6) is -0.916. The summed E-state index contributed by atoms with van der Waals surface area (Å²) in [5, 5.41) is 0. The van der Waals surface area contributed by atoms with E-state index in [0.717, 1.165) is 12.1 Å². The number of hydrogen-bond acceptors (Lipinski definition) is 3. The van der Waals surface area contributed by atoms with E-state index in [1.807, 2.05) is 0 Å². The van der Waals surface area contributed by atoms with E-state index in [2.05, 4.69) is 20.9 Å². The van der Waals surface area contributed by atoms with Gasteiger partial charge in [0, 0.05) is 40.0 Å². The minimum Gasteiger partial charge on any atom is -0.496 e. The number of hydrogen-bond donors (Lipinski definition) is 0. The van der Waals surface area contributed by atoms with Crippen LogP contribution in [0.4, 0.5) is 23.2 Å². The summed E-state index contributed by atoms with van der Waals surface area (Å²) < 4.78 is 58.6. The SMILES string of the molecule is COc1cc(F)ccc1-c1cc(C)ncc1N(C)C(=O)c1cc(Br)cc(C(F)(F)F)c1. The molecule has 4 nitrogen and oxygen atoms in total. The lowest BCUT2D eigenvalue weighted by Gasteiger charge is -2.22. The van der Waals surface area contributed by atoms with Crippen molar-refractivity contribution in [1.82, 2.24) is 4.98 Å². The predicted molar refractivity (Wildman–Crippen MR) is 113 cm³/mol. The topological polar surface area (TPSA) is 42.4 Å². The molecule has 3 rings (SSSR count). The average molecular weight is 497 g/mol. The van der Waals surface area contributed by atoms with E-state index in [1.165, 1.54) is 49.5 Å². The summed E-state index contributed by atoms with van der Waals surface area (Å²) in [6, 6.07) is 8.67. The molecule has 1 amide bonds. The third-order valence-electron chi connectivity index (χ3n) is 4.61. The van der Waals surface area contributed by atoms with E-state index < -0.39 is 23.5 Å². The van der Waals surface area contributed by atoms with Gasteiger partial charge in [-0.25, -0.2) is 4.39 Å². The fourth-order valence-corrected chi connectivity index (χ4v) is 3.60. The van der Waals surface area contributed by atoms with E-state index in [4.69, 9.17) is 4.74 Å². The van der Waals surface area contributed by atoms with Gasteiger partial charge in [-0.1, -0.05) is 15.9 Å². The molecule has 0 aliphatic carbocycles. The molecule has 0 bridgehead atoms. The van der Waals surface area contributed by atoms with Crippen molar-refractivity contribution in [3.8, 4) is 16.9 Å². The second-order valence-corrected chi connectivity index (χ2v) is 7.69. The number of carbonyl (C=O) groups excluding carboxylic acids is 1. The van der Waals surface area contributed by atoms with Gasteiger partial charge in [0.2, 0.25) is 0 Å². The van der Waals surface area contributed by atoms with Crippen molar-refractivity contribution in [1.29, 1.82) is 0 Å². The molecule has 0 aliphatic heterocycles. The lowest BCUT2D eigenvalue weighted by Crippen LogP contribution is -2.27. The highest BCUT2D eigenvalue weighted by Gasteiger charge is 2.32. The largest absolute Gasteiger partial charge is 0.496 e. The smallest absolute Gasteiger partial charge is 0.416 e. The van der Waals surface area contributed by atoms with E-state index in [1.54, 1.807) is 13.0 Å². The number of ether oxygens (including phenoxy) is 1. The van der Waals surface area contributed by atoms with Gasteiger partial charge in [0.25, 0.3) is 5.91 Å². The summed E-state index contributed by atoms with van der Waals surface area (Å²) in [5.41, 5.74) is 0.894. The van der Waals surface area contributed by atoms with Crippen LogP contribution in [-0.2, 0) is 6.18 Å². The molecule has 0 N–H and O–H groups in total. The number of methoxy groups -OCH3 is 1. The van der Waals surface area contributed by atoms with Gasteiger partial charge in [-0.2, -0.15) is 13.2 Å². The van der Waals surface area contributed by atoms with Crippen molar-refractivity contribution < 1.29 is 27.1 Å². The maximum atomic E-state index is 13.7. The van der Waals surface area contributed by atoms with E-state index >= 15 is 0 Å². The third kappa shape index (κ3) is 4.87. The first-order chi connectivity index (χ1) is 14.5. The van der Waals surface area contributed by atoms with Crippen LogP contribution in [0.25, 0.3) is 11.1 Å². The Labute approximate surface area is 184 Å². The van der Waals surface area contributed by atoms with Gasteiger partial charge < -0.3 is 9.64 Å². The van der Waals surface area contributed by atoms with Crippen molar-refractivity contribution in [3.05, 3.63) is 75.8 Å². The molecule has 9 heteroatoms. The molecule has 0 saturated carbocycles. The lowest BCUT2D eigenvalue weighted by molar-refractivity contribution is -0.137. The van der Waals surface area contributed by atoms with Gasteiger partial charge in [-0.05, 0) is 43.3 Å². The standard InChI is InChI=1S/C22H17BrF4N2O2/c1-12-6-18(17-5-4-16(24)10-20(17)31-3)19(11-28-12)29(2)21(30)13-7-14(22(25,26)27)9-15(23)8-13/h4-11H,1-3H3. The maximum Gasteiger partial charge on any atom is 0.416 e. The van der Waals surface area contributed by atoms with Crippen LogP contribution in [0.1, 0.15) is 21.6 Å². The van der Waals surface area contributed by atoms with Gasteiger partial charge >= 0.3 is 6.18 Å². The normalized spacial score (nSPS) is 11.4. The molecule has 31 heavy (non-hydrogen) atoms. The number of pyridine rings is 1. The molecule has 0 fully saturated rings. The summed E-state index contributed by atoms with van der Waals surface area (Å²) in [4.78, 5) is 18.5. The summed E-state index contributed by atoms with van der Waals surface area (Å²) in [6.45, 7) is 1.75. The molecule has 3 aromatic rings. The van der Waals surface area contributed by atoms with Crippen LogP contribution in [0.2, 0.25) is 0 Å². The molecular formula is C22H17BrF4N2O2. The molecule has 0 atom stereocenters. The Hall–Kier alpha value is -2.94. The van der Waals surface area contributed by atoms with Crippen molar-refractivity contribution in [2.75, 3.05) is 19.1 Å². The van der Waals surface area contributed by atoms with Crippen LogP contribution in [0.5, 0.6) is 5.75 Å². The van der Waals surface area contributed by atoms with Gasteiger partial charge in [0.15, 0.2) is 0 Å². The zero-order valence-corrected chi connectivity index (χ0v) is 18.3. The van der Waals surface area contributed by atoms with Crippen LogP contribution < -0.4 is 9.64 Å². The molecule has 0 aliphatic rings. The first-order valence-electron chi connectivity index (χ1n) is 8.97. The molecule has 1 heterocycles. The lowest BCUT2D eigenvalue weighted by atomic mass is 10.0. The molecule has 0 unspecified atom stereocenters. The van der Waals surface area contributed by atoms with E-state index in [0.29, 0.717) is 22.5 Å². The quantitative estimate of drug-likeness (QED) is 0.400. The molecule has 162 valence electrons. The van der Waals surface area contributed by atoms with Gasteiger partial charge in [-0.15, -0.1) is 0 Å². The zero-order valence-electron chi connectivity index (χ0n) is 16.7. The fourth-order valence-electron chi connectivity index (χ4n) is 3.10. The monoisotopic (exact) mass is 496 g/mol. The number of halogens is 5. The van der Waals surface area contributed by atoms with E-state index in [-0.39, 0.29) is 15.8 Å². The minimum absolute atomic E-state index is 0.126. The molecular weight excluding hydrogens is 480 g/mol. The maximum absolute atomic E-state index is 13.7. The molecule has 1 aromatic heterocycles. The highest BCUT2D eigenvalue weighted by Crippen LogP contribution is 2.38. The number of nitrogens with zero attached hydrogens (tertiary/aromatic N) is 2. The second kappa shape index (κ2) is 8.66. The number of aromatic nitrogens is 1. The van der Waals surface area contributed by atoms with E-state index in [9.17, 15) is 22.4 Å². The number of rotatable bonds is 4. The van der Waals surface area contributed by atoms with Gasteiger partial charge in [-0.3, -0.25) is 9.78 Å². The number of aryl methyl sites for hydroxylation is 1.